The lowest BCUT2D eigenvalue weighted by Gasteiger charge is -2.30. The number of hydrogen-bond donors (Lipinski definition) is 1. The summed E-state index contributed by atoms with van der Waals surface area (Å²) in [6.45, 7) is 5.72. The monoisotopic (exact) mass is 415 g/mol. The van der Waals surface area contributed by atoms with Crippen molar-refractivity contribution in [2.75, 3.05) is 0 Å². The van der Waals surface area contributed by atoms with Crippen molar-refractivity contribution in [2.45, 2.75) is 26.8 Å². The Labute approximate surface area is 173 Å². The summed E-state index contributed by atoms with van der Waals surface area (Å²) < 4.78 is 0. The first-order valence-corrected chi connectivity index (χ1v) is 9.34. The number of nitrogens with two attached hydrogens (primary N) is 1. The molecule has 0 saturated carbocycles. The van der Waals surface area contributed by atoms with E-state index in [1.807, 2.05) is 26.8 Å². The second-order valence-corrected chi connectivity index (χ2v) is 7.26. The topological polar surface area (TPSA) is 83.9 Å². The molecule has 2 aromatic rings. The predicted octanol–water partition coefficient (Wildman–Crippen LogP) is 4.45. The molecule has 2 heterocycles. The average Bonchev–Trinajstić information content (AvgIpc) is 2.66. The fourth-order valence-electron chi connectivity index (χ4n) is 2.97. The number of benzene rings is 1. The largest absolute Gasteiger partial charge is 0.323 e. The van der Waals surface area contributed by atoms with E-state index in [0.717, 1.165) is 11.1 Å². The van der Waals surface area contributed by atoms with Crippen LogP contribution in [0.25, 0.3) is 0 Å². The predicted molar refractivity (Wildman–Crippen MR) is 114 cm³/mol. The van der Waals surface area contributed by atoms with Crippen molar-refractivity contribution < 1.29 is 4.79 Å². The molecule has 0 bridgehead atoms. The first kappa shape index (κ1) is 20.0. The molecule has 6 nitrogen and oxygen atoms in total. The lowest BCUT2D eigenvalue weighted by Crippen LogP contribution is -2.46. The molecular formula is C20H19Cl2N5O. The summed E-state index contributed by atoms with van der Waals surface area (Å²) >= 11 is 12.2. The summed E-state index contributed by atoms with van der Waals surface area (Å²) in [4.78, 5) is 23.4. The van der Waals surface area contributed by atoms with Crippen LogP contribution >= 0.6 is 23.2 Å². The Morgan fingerprint density at radius 1 is 1.29 bits per heavy atom. The number of halogens is 2. The van der Waals surface area contributed by atoms with Gasteiger partial charge >= 0.3 is 0 Å². The minimum absolute atomic E-state index is 0.208. The van der Waals surface area contributed by atoms with Crippen LogP contribution in [0.4, 0.5) is 5.82 Å². The quantitative estimate of drug-likeness (QED) is 0.580. The number of aryl methyl sites for hydroxylation is 2. The third-order valence-electron chi connectivity index (χ3n) is 4.44. The van der Waals surface area contributed by atoms with E-state index < -0.39 is 6.04 Å². The number of aliphatic imine (C=N–C) groups is 1. The van der Waals surface area contributed by atoms with Crippen LogP contribution in [0.5, 0.6) is 0 Å². The van der Waals surface area contributed by atoms with Gasteiger partial charge in [0.05, 0.1) is 27.4 Å². The number of allylic oxidation sites excluding steroid dienone is 1. The van der Waals surface area contributed by atoms with Crippen LogP contribution in [0.1, 0.15) is 28.4 Å². The first-order valence-electron chi connectivity index (χ1n) is 8.58. The maximum absolute atomic E-state index is 13.0. The fourth-order valence-corrected chi connectivity index (χ4v) is 3.35. The van der Waals surface area contributed by atoms with Crippen molar-refractivity contribution in [3.63, 3.8) is 0 Å². The van der Waals surface area contributed by atoms with Crippen LogP contribution in [-0.4, -0.2) is 33.3 Å². The van der Waals surface area contributed by atoms with Crippen LogP contribution in [0.15, 0.2) is 52.8 Å². The lowest BCUT2D eigenvalue weighted by atomic mass is 10.0. The lowest BCUT2D eigenvalue weighted by molar-refractivity contribution is 0.0808. The minimum Gasteiger partial charge on any atom is -0.323 e. The molecule has 0 aliphatic carbocycles. The number of amides is 1. The third-order valence-corrected chi connectivity index (χ3v) is 5.26. The third kappa shape index (κ3) is 3.79. The Morgan fingerprint density at radius 2 is 2.04 bits per heavy atom. The summed E-state index contributed by atoms with van der Waals surface area (Å²) in [6, 6.07) is 6.49. The van der Waals surface area contributed by atoms with E-state index in [4.69, 9.17) is 29.0 Å². The van der Waals surface area contributed by atoms with Gasteiger partial charge in [-0.25, -0.2) is 9.98 Å². The van der Waals surface area contributed by atoms with Crippen LogP contribution in [0, 0.1) is 13.8 Å². The summed E-state index contributed by atoms with van der Waals surface area (Å²) in [7, 11) is 0. The molecule has 1 aliphatic heterocycles. The van der Waals surface area contributed by atoms with E-state index in [2.05, 4.69) is 15.1 Å². The fraction of sp³-hybridized carbons (Fsp3) is 0.200. The van der Waals surface area contributed by atoms with E-state index >= 15 is 0 Å². The maximum atomic E-state index is 13.0. The highest BCUT2D eigenvalue weighted by atomic mass is 35.5. The Kier molecular flexibility index (Phi) is 5.82. The van der Waals surface area contributed by atoms with Crippen molar-refractivity contribution in [2.24, 2.45) is 15.9 Å². The number of hydrazone groups is 1. The Balaban J connectivity index is 1.99. The zero-order valence-electron chi connectivity index (χ0n) is 15.6. The molecule has 144 valence electrons. The van der Waals surface area contributed by atoms with Crippen LogP contribution in [-0.2, 0) is 0 Å². The van der Waals surface area contributed by atoms with E-state index in [1.54, 1.807) is 36.7 Å². The van der Waals surface area contributed by atoms with Gasteiger partial charge in [0.15, 0.2) is 5.82 Å². The van der Waals surface area contributed by atoms with Gasteiger partial charge in [0.25, 0.3) is 5.91 Å². The van der Waals surface area contributed by atoms with Gasteiger partial charge in [-0.1, -0.05) is 35.3 Å². The number of pyridine rings is 1. The van der Waals surface area contributed by atoms with Crippen molar-refractivity contribution in [3.8, 4) is 0 Å². The van der Waals surface area contributed by atoms with Crippen LogP contribution in [0.2, 0.25) is 10.0 Å². The van der Waals surface area contributed by atoms with Crippen LogP contribution < -0.4 is 5.84 Å². The van der Waals surface area contributed by atoms with Crippen molar-refractivity contribution >= 4 is 46.4 Å². The second kappa shape index (κ2) is 8.12. The molecule has 1 aromatic carbocycles. The standard InChI is InChI=1S/C20H19Cl2N5O/c1-11-9-12(2)19(24-10-11)25-16-7-8-27(13(3)18(16)26-23)20(28)14-5-4-6-15(21)17(14)22/h4-10,13H,23H2,1-3H3. The Hall–Kier alpha value is -2.70. The zero-order chi connectivity index (χ0) is 20.4. The highest BCUT2D eigenvalue weighted by Gasteiger charge is 2.30. The number of carbonyl (C=O) groups is 1. The second-order valence-electron chi connectivity index (χ2n) is 6.47. The molecule has 0 spiro atoms. The summed E-state index contributed by atoms with van der Waals surface area (Å²) in [5.41, 5.74) is 3.32. The number of aromatic nitrogens is 1. The van der Waals surface area contributed by atoms with Gasteiger partial charge in [-0.2, -0.15) is 5.10 Å². The van der Waals surface area contributed by atoms with Crippen molar-refractivity contribution in [1.82, 2.24) is 9.88 Å². The van der Waals surface area contributed by atoms with Gasteiger partial charge in [0.1, 0.15) is 5.71 Å². The van der Waals surface area contributed by atoms with Crippen LogP contribution in [0.3, 0.4) is 0 Å². The molecule has 1 atom stereocenters. The van der Waals surface area contributed by atoms with E-state index in [0.29, 0.717) is 27.8 Å². The molecule has 1 unspecified atom stereocenters. The van der Waals surface area contributed by atoms with Crippen molar-refractivity contribution in [3.05, 3.63) is 69.5 Å². The number of carbonyl (C=O) groups excluding carboxylic acids is 1. The Bertz CT molecular complexity index is 1030. The molecule has 1 aliphatic rings. The minimum atomic E-state index is -0.443. The molecule has 1 aromatic heterocycles. The summed E-state index contributed by atoms with van der Waals surface area (Å²) in [5, 5.41) is 4.40. The molecule has 3 rings (SSSR count). The first-order chi connectivity index (χ1) is 13.3. The van der Waals surface area contributed by atoms with Crippen molar-refractivity contribution in [1.29, 1.82) is 0 Å². The normalized spacial score (nSPS) is 19.5. The number of nitrogens with zero attached hydrogens (tertiary/aromatic N) is 4. The van der Waals surface area contributed by atoms with Gasteiger partial charge in [-0.05, 0) is 50.1 Å². The molecule has 8 heteroatoms. The van der Waals surface area contributed by atoms with Gasteiger partial charge in [-0.15, -0.1) is 0 Å². The average molecular weight is 416 g/mol. The maximum Gasteiger partial charge on any atom is 0.259 e. The molecule has 0 saturated heterocycles. The molecule has 0 radical (unpaired) electrons. The highest BCUT2D eigenvalue weighted by molar-refractivity contribution is 6.49. The molecule has 1 amide bonds. The Morgan fingerprint density at radius 3 is 2.71 bits per heavy atom. The SMILES string of the molecule is Cc1cnc(N=C2C=CN(C(=O)c3cccc(Cl)c3Cl)C(C)C2=NN)c(C)c1. The highest BCUT2D eigenvalue weighted by Crippen LogP contribution is 2.28. The molecule has 2 N–H and O–H groups in total. The van der Waals surface area contributed by atoms with Gasteiger partial charge in [0.2, 0.25) is 0 Å². The van der Waals surface area contributed by atoms with Gasteiger partial charge in [0, 0.05) is 12.4 Å². The van der Waals surface area contributed by atoms with E-state index in [1.165, 1.54) is 4.90 Å². The zero-order valence-corrected chi connectivity index (χ0v) is 17.2. The van der Waals surface area contributed by atoms with Gasteiger partial charge in [-0.3, -0.25) is 4.79 Å². The molecular weight excluding hydrogens is 397 g/mol. The smallest absolute Gasteiger partial charge is 0.259 e. The number of hydrogen-bond acceptors (Lipinski definition) is 5. The molecule has 28 heavy (non-hydrogen) atoms. The number of rotatable bonds is 2. The van der Waals surface area contributed by atoms with E-state index in [9.17, 15) is 4.79 Å². The van der Waals surface area contributed by atoms with E-state index in [-0.39, 0.29) is 10.9 Å². The summed E-state index contributed by atoms with van der Waals surface area (Å²) in [5.74, 6) is 5.90. The molecule has 0 fully saturated rings. The summed E-state index contributed by atoms with van der Waals surface area (Å²) in [6.07, 6.45) is 5.07. The van der Waals surface area contributed by atoms with Gasteiger partial charge < -0.3 is 10.7 Å².